The van der Waals surface area contributed by atoms with Gasteiger partial charge in [-0.1, -0.05) is 74.3 Å². The Kier molecular flexibility index (Phi) is 20.6. The monoisotopic (exact) mass is 1150 g/mol. The van der Waals surface area contributed by atoms with E-state index in [1.165, 1.54) is 32.2 Å². The summed E-state index contributed by atoms with van der Waals surface area (Å²) in [4.78, 5) is 54.4. The Labute approximate surface area is 475 Å². The predicted octanol–water partition coefficient (Wildman–Crippen LogP) is 8.28. The second-order valence-electron chi connectivity index (χ2n) is 23.2. The highest BCUT2D eigenvalue weighted by atomic mass is 35.5. The molecule has 20 heteroatoms. The van der Waals surface area contributed by atoms with Crippen molar-refractivity contribution in [3.63, 3.8) is 0 Å². The van der Waals surface area contributed by atoms with Crippen LogP contribution in [0.1, 0.15) is 144 Å². The van der Waals surface area contributed by atoms with Crippen LogP contribution in [0.25, 0.3) is 0 Å². The third kappa shape index (κ3) is 15.9. The second-order valence-corrected chi connectivity index (χ2v) is 28.1. The molecule has 6 heterocycles. The van der Waals surface area contributed by atoms with Gasteiger partial charge in [-0.3, -0.25) is 9.59 Å². The number of hydrogen-bond acceptors (Lipinski definition) is 12. The maximum atomic E-state index is 13.6. The second kappa shape index (κ2) is 26.2. The molecule has 4 aliphatic heterocycles. The first-order chi connectivity index (χ1) is 36.7. The fourth-order valence-corrected chi connectivity index (χ4v) is 13.4. The summed E-state index contributed by atoms with van der Waals surface area (Å²) in [6.07, 6.45) is 12.7. The molecule has 0 atom stereocenters. The zero-order valence-electron chi connectivity index (χ0n) is 48.0. The molecular weight excluding hydrogens is 1070 g/mol. The first kappa shape index (κ1) is 61.5. The van der Waals surface area contributed by atoms with E-state index in [2.05, 4.69) is 69.8 Å². The van der Waals surface area contributed by atoms with Crippen molar-refractivity contribution in [1.29, 1.82) is 0 Å². The van der Waals surface area contributed by atoms with Crippen LogP contribution in [0.15, 0.2) is 42.5 Å². The van der Waals surface area contributed by atoms with Gasteiger partial charge in [0.2, 0.25) is 20.0 Å². The number of aromatic nitrogens is 4. The Morgan fingerprint density at radius 3 is 1.27 bits per heavy atom. The Morgan fingerprint density at radius 1 is 0.538 bits per heavy atom. The smallest absolute Gasteiger partial charge is 0.272 e. The van der Waals surface area contributed by atoms with Crippen LogP contribution in [0.4, 0.5) is 0 Å². The molecule has 2 aromatic carbocycles. The summed E-state index contributed by atoms with van der Waals surface area (Å²) in [6.45, 7) is 20.7. The van der Waals surface area contributed by atoms with Crippen molar-refractivity contribution in [3.8, 4) is 0 Å². The third-order valence-corrected chi connectivity index (χ3v) is 20.3. The van der Waals surface area contributed by atoms with Crippen molar-refractivity contribution >= 4 is 55.1 Å². The van der Waals surface area contributed by atoms with Crippen molar-refractivity contribution in [2.75, 3.05) is 79.0 Å². The molecule has 4 aromatic rings. The highest BCUT2D eigenvalue weighted by molar-refractivity contribution is 7.88. The van der Waals surface area contributed by atoms with E-state index in [9.17, 15) is 26.4 Å². The van der Waals surface area contributed by atoms with Gasteiger partial charge in [-0.2, -0.15) is 0 Å². The molecule has 4 aliphatic rings. The lowest BCUT2D eigenvalue weighted by atomic mass is 9.86. The lowest BCUT2D eigenvalue weighted by molar-refractivity contribution is 0.0535. The minimum Gasteiger partial charge on any atom is -0.337 e. The molecule has 78 heavy (non-hydrogen) atoms. The van der Waals surface area contributed by atoms with Crippen molar-refractivity contribution < 1.29 is 26.4 Å². The van der Waals surface area contributed by atoms with Gasteiger partial charge >= 0.3 is 0 Å². The molecule has 0 bridgehead atoms. The first-order valence-corrected chi connectivity index (χ1v) is 32.3. The minimum absolute atomic E-state index is 0.00529. The van der Waals surface area contributed by atoms with Crippen LogP contribution in [-0.2, 0) is 51.1 Å². The molecule has 0 unspecified atom stereocenters. The number of nitrogens with zero attached hydrogens (tertiary/aromatic N) is 10. The molecule has 2 amide bonds. The van der Waals surface area contributed by atoms with Crippen LogP contribution in [0.5, 0.6) is 0 Å². The molecule has 0 aliphatic carbocycles. The zero-order chi connectivity index (χ0) is 56.9. The molecule has 0 radical (unpaired) electrons. The lowest BCUT2D eigenvalue weighted by Gasteiger charge is -2.43. The molecule has 0 N–H and O–H groups in total. The van der Waals surface area contributed by atoms with E-state index in [0.29, 0.717) is 77.8 Å². The summed E-state index contributed by atoms with van der Waals surface area (Å²) >= 11 is 12.2. The first-order valence-electron chi connectivity index (χ1n) is 27.8. The highest BCUT2D eigenvalue weighted by Gasteiger charge is 2.36. The number of sulfonamides is 2. The van der Waals surface area contributed by atoms with E-state index in [0.717, 1.165) is 125 Å². The van der Waals surface area contributed by atoms with E-state index in [1.807, 2.05) is 49.6 Å². The Hall–Kier alpha value is -4.14. The van der Waals surface area contributed by atoms with Crippen molar-refractivity contribution in [2.24, 2.45) is 0 Å². The van der Waals surface area contributed by atoms with Gasteiger partial charge in [0.05, 0.1) is 22.6 Å². The van der Waals surface area contributed by atoms with E-state index in [-0.39, 0.29) is 29.3 Å². The molecule has 0 saturated carbocycles. The molecule has 4 fully saturated rings. The van der Waals surface area contributed by atoms with Crippen molar-refractivity contribution in [2.45, 2.75) is 155 Å². The molecule has 0 spiro atoms. The van der Waals surface area contributed by atoms with E-state index in [1.54, 1.807) is 20.2 Å². The predicted molar refractivity (Wildman–Crippen MR) is 312 cm³/mol. The number of hydrogen-bond donors (Lipinski definition) is 0. The van der Waals surface area contributed by atoms with Crippen LogP contribution >= 0.6 is 23.2 Å². The topological polar surface area (TPSA) is 173 Å². The highest BCUT2D eigenvalue weighted by Crippen LogP contribution is 2.29. The SMILES string of the molecule is Cc1nc(CCc2ccc(C(C)(C)C)cc2)c(C)c(C(=O)N2CCC(N3CCC(N(C)S(C)(=O)=O)CC3)CC2)n1.Cc1nc(CCc2ccc(Cl)c(Cl)c2)c(C)c(C(=O)N2CCC(N3CCC(N(C)S(C)(=O)=O)CC3)CC2)n1. The Morgan fingerprint density at radius 2 is 0.910 bits per heavy atom. The Balaban J connectivity index is 0.000000226. The summed E-state index contributed by atoms with van der Waals surface area (Å²) < 4.78 is 50.6. The summed E-state index contributed by atoms with van der Waals surface area (Å²) in [7, 11) is -2.97. The van der Waals surface area contributed by atoms with Crippen molar-refractivity contribution in [1.82, 2.24) is 48.1 Å². The van der Waals surface area contributed by atoms with E-state index in [4.69, 9.17) is 28.2 Å². The van der Waals surface area contributed by atoms with Crippen LogP contribution in [0, 0.1) is 27.7 Å². The largest absolute Gasteiger partial charge is 0.337 e. The molecule has 4 saturated heterocycles. The number of amides is 2. The number of aryl methyl sites for hydroxylation is 6. The number of halogens is 2. The average Bonchev–Trinajstić information content (AvgIpc) is 3.42. The summed E-state index contributed by atoms with van der Waals surface area (Å²) in [6, 6.07) is 15.4. The maximum absolute atomic E-state index is 13.6. The fraction of sp³-hybridized carbons (Fsp3) is 0.621. The van der Waals surface area contributed by atoms with Gasteiger partial charge in [-0.05, 0) is 165 Å². The number of rotatable bonds is 14. The number of carbonyl (C=O) groups excluding carboxylic acids is 2. The Bertz CT molecular complexity index is 2960. The average molecular weight is 1150 g/mol. The van der Waals surface area contributed by atoms with Crippen molar-refractivity contribution in [3.05, 3.63) is 115 Å². The molecule has 16 nitrogen and oxygen atoms in total. The number of benzene rings is 2. The fourth-order valence-electron chi connectivity index (χ4n) is 11.6. The van der Waals surface area contributed by atoms with Gasteiger partial charge in [0.15, 0.2) is 0 Å². The summed E-state index contributed by atoms with van der Waals surface area (Å²) in [5, 5.41) is 1.06. The van der Waals surface area contributed by atoms with Crippen LogP contribution in [0.3, 0.4) is 0 Å². The molecule has 2 aromatic heterocycles. The normalized spacial score (nSPS) is 18.4. The molecule has 8 rings (SSSR count). The molecular formula is C58H84Cl2N10O6S2. The van der Waals surface area contributed by atoms with E-state index < -0.39 is 20.0 Å². The van der Waals surface area contributed by atoms with Gasteiger partial charge in [0.25, 0.3) is 11.8 Å². The standard InChI is InChI=1S/C31H47N5O3S.C27H37Cl2N5O3S/c1-22-28(13-10-24-8-11-25(12-9-24)31(3,4)5)32-23(2)33-29(22)30(37)36-20-16-27(17-21-36)35-18-14-26(15-19-35)34(6)40(7,38)39;1-18-25(8-6-20-5-7-23(28)24(29)17-20)30-19(2)31-26(18)27(35)34-15-11-22(12-16-34)33-13-9-21(10-14-33)32(3)38(4,36)37/h8-9,11-12,26-27H,10,13-21H2,1-7H3;5,7,17,21-22H,6,8-16H2,1-4H3. The van der Waals surface area contributed by atoms with Crippen LogP contribution in [0.2, 0.25) is 10.0 Å². The number of piperidine rings is 4. The maximum Gasteiger partial charge on any atom is 0.272 e. The quantitative estimate of drug-likeness (QED) is 0.118. The molecule has 428 valence electrons. The lowest BCUT2D eigenvalue weighted by Crippen LogP contribution is -2.52. The number of likely N-dealkylation sites (tertiary alicyclic amines) is 4. The van der Waals surface area contributed by atoms with Gasteiger partial charge in [0.1, 0.15) is 23.0 Å². The van der Waals surface area contributed by atoms with Gasteiger partial charge in [-0.25, -0.2) is 45.4 Å². The summed E-state index contributed by atoms with van der Waals surface area (Å²) in [5.74, 6) is 1.21. The number of carbonyl (C=O) groups is 2. The summed E-state index contributed by atoms with van der Waals surface area (Å²) in [5.41, 5.74) is 8.38. The van der Waals surface area contributed by atoms with Gasteiger partial charge in [-0.15, -0.1) is 0 Å². The van der Waals surface area contributed by atoms with Gasteiger partial charge < -0.3 is 19.6 Å². The van der Waals surface area contributed by atoms with Crippen LogP contribution in [-0.4, -0.2) is 180 Å². The zero-order valence-corrected chi connectivity index (χ0v) is 51.1. The minimum atomic E-state index is -3.17. The van der Waals surface area contributed by atoms with E-state index >= 15 is 0 Å². The van der Waals surface area contributed by atoms with Gasteiger partial charge in [0, 0.05) is 87.0 Å². The van der Waals surface area contributed by atoms with Crippen LogP contribution < -0.4 is 0 Å². The third-order valence-electron chi connectivity index (χ3n) is 16.8.